The van der Waals surface area contributed by atoms with Crippen molar-refractivity contribution in [2.75, 3.05) is 12.3 Å². The molecule has 3 heterocycles. The van der Waals surface area contributed by atoms with Crippen LogP contribution in [0, 0.1) is 13.8 Å². The summed E-state index contributed by atoms with van der Waals surface area (Å²) in [5, 5.41) is 9.76. The van der Waals surface area contributed by atoms with Crippen LogP contribution in [0.15, 0.2) is 58.1 Å². The minimum absolute atomic E-state index is 0.370. The van der Waals surface area contributed by atoms with Crippen molar-refractivity contribution in [3.05, 3.63) is 59.7 Å². The zero-order valence-corrected chi connectivity index (χ0v) is 20.9. The maximum absolute atomic E-state index is 12.4. The fraction of sp³-hybridized carbons (Fsp3) is 0.375. The molecular formula is C24H28N6O2S2. The second-order valence-corrected chi connectivity index (χ2v) is 11.1. The minimum Gasteiger partial charge on any atom is -0.342 e. The van der Waals surface area contributed by atoms with E-state index in [9.17, 15) is 8.42 Å². The number of hydrogen-bond acceptors (Lipinski definition) is 6. The molecule has 0 saturated carbocycles. The number of fused-ring (bicyclic) bond motifs is 1. The van der Waals surface area contributed by atoms with Crippen molar-refractivity contribution in [2.45, 2.75) is 50.9 Å². The van der Waals surface area contributed by atoms with Gasteiger partial charge in [-0.1, -0.05) is 54.6 Å². The summed E-state index contributed by atoms with van der Waals surface area (Å²) in [5.74, 6) is 1.92. The molecule has 2 aliphatic rings. The molecule has 1 saturated heterocycles. The Morgan fingerprint density at radius 3 is 2.65 bits per heavy atom. The lowest BCUT2D eigenvalue weighted by Gasteiger charge is -2.35. The van der Waals surface area contributed by atoms with Crippen molar-refractivity contribution in [1.82, 2.24) is 24.4 Å². The fourth-order valence-electron chi connectivity index (χ4n) is 4.36. The standard InChI is InChI=1S/C24H28N6O2S2/c1-17-12-13-20(15-18(17)2)30-23(19-9-5-3-6-10-19)25-26-24(30)33-16-22-28-34(31,32)27-21-11-7-4-8-14-29(21)22/h3,5-6,9-10,12-13,15,22,28H,4,7-8,11,14,16H2,1-2H3/t22-/m1/s1. The second kappa shape index (κ2) is 9.52. The molecule has 2 aromatic carbocycles. The zero-order valence-electron chi connectivity index (χ0n) is 19.3. The molecule has 1 aromatic heterocycles. The van der Waals surface area contributed by atoms with E-state index in [0.29, 0.717) is 18.0 Å². The number of benzene rings is 2. The summed E-state index contributed by atoms with van der Waals surface area (Å²) in [4.78, 5) is 2.11. The Balaban J connectivity index is 1.49. The second-order valence-electron chi connectivity index (χ2n) is 8.71. The van der Waals surface area contributed by atoms with Gasteiger partial charge in [-0.3, -0.25) is 4.57 Å². The Bertz CT molecular complexity index is 1320. The number of thioether (sulfide) groups is 1. The summed E-state index contributed by atoms with van der Waals surface area (Å²) >= 11 is 1.50. The van der Waals surface area contributed by atoms with E-state index in [4.69, 9.17) is 0 Å². The highest BCUT2D eigenvalue weighted by Crippen LogP contribution is 2.30. The summed E-state index contributed by atoms with van der Waals surface area (Å²) in [5.41, 5.74) is 4.36. The van der Waals surface area contributed by atoms with Crippen molar-refractivity contribution >= 4 is 27.8 Å². The maximum atomic E-state index is 12.4. The summed E-state index contributed by atoms with van der Waals surface area (Å²) in [6.45, 7) is 4.98. The average Bonchev–Trinajstić information content (AvgIpc) is 3.10. The number of rotatable bonds is 5. The first-order valence-electron chi connectivity index (χ1n) is 11.5. The lowest BCUT2D eigenvalue weighted by molar-refractivity contribution is 0.310. The zero-order chi connectivity index (χ0) is 23.7. The smallest absolute Gasteiger partial charge is 0.323 e. The van der Waals surface area contributed by atoms with Crippen LogP contribution in [-0.4, -0.2) is 52.4 Å². The molecule has 8 nitrogen and oxygen atoms in total. The molecule has 0 aliphatic carbocycles. The van der Waals surface area contributed by atoms with Gasteiger partial charge in [-0.2, -0.15) is 13.1 Å². The first-order valence-corrected chi connectivity index (χ1v) is 13.9. The van der Waals surface area contributed by atoms with E-state index in [0.717, 1.165) is 48.0 Å². The van der Waals surface area contributed by atoms with Crippen LogP contribution in [0.1, 0.15) is 36.8 Å². The van der Waals surface area contributed by atoms with Crippen molar-refractivity contribution < 1.29 is 8.42 Å². The molecule has 3 aromatic rings. The summed E-state index contributed by atoms with van der Waals surface area (Å²) in [6.07, 6.45) is 3.40. The highest BCUT2D eigenvalue weighted by Gasteiger charge is 2.33. The van der Waals surface area contributed by atoms with Crippen LogP contribution in [-0.2, 0) is 10.2 Å². The number of aryl methyl sites for hydroxylation is 2. The van der Waals surface area contributed by atoms with E-state index in [2.05, 4.69) is 60.8 Å². The van der Waals surface area contributed by atoms with Gasteiger partial charge in [-0.05, 0) is 49.9 Å². The lowest BCUT2D eigenvalue weighted by atomic mass is 10.1. The molecule has 0 spiro atoms. The van der Waals surface area contributed by atoms with E-state index < -0.39 is 10.2 Å². The summed E-state index contributed by atoms with van der Waals surface area (Å²) < 4.78 is 33.6. The topological polar surface area (TPSA) is 92.5 Å². The molecule has 10 heteroatoms. The van der Waals surface area contributed by atoms with Gasteiger partial charge in [0.25, 0.3) is 0 Å². The molecule has 2 aliphatic heterocycles. The molecule has 178 valence electrons. The predicted octanol–water partition coefficient (Wildman–Crippen LogP) is 4.09. The third-order valence-corrected chi connectivity index (χ3v) is 8.33. The van der Waals surface area contributed by atoms with Crippen LogP contribution < -0.4 is 4.72 Å². The van der Waals surface area contributed by atoms with Gasteiger partial charge in [0.15, 0.2) is 11.0 Å². The molecule has 0 amide bonds. The third-order valence-electron chi connectivity index (χ3n) is 6.30. The van der Waals surface area contributed by atoms with Gasteiger partial charge in [0, 0.05) is 24.3 Å². The van der Waals surface area contributed by atoms with Crippen LogP contribution in [0.3, 0.4) is 0 Å². The van der Waals surface area contributed by atoms with E-state index in [-0.39, 0.29) is 6.17 Å². The molecular weight excluding hydrogens is 468 g/mol. The minimum atomic E-state index is -3.69. The quantitative estimate of drug-likeness (QED) is 0.535. The largest absolute Gasteiger partial charge is 0.342 e. The maximum Gasteiger partial charge on any atom is 0.323 e. The third kappa shape index (κ3) is 4.75. The Morgan fingerprint density at radius 2 is 1.85 bits per heavy atom. The van der Waals surface area contributed by atoms with Crippen molar-refractivity contribution in [2.24, 2.45) is 4.40 Å². The molecule has 1 fully saturated rings. The number of aromatic nitrogens is 3. The van der Waals surface area contributed by atoms with Crippen LogP contribution in [0.2, 0.25) is 0 Å². The van der Waals surface area contributed by atoms with Gasteiger partial charge in [0.2, 0.25) is 0 Å². The van der Waals surface area contributed by atoms with Crippen molar-refractivity contribution in [3.8, 4) is 17.1 Å². The number of nitrogens with zero attached hydrogens (tertiary/aromatic N) is 5. The van der Waals surface area contributed by atoms with E-state index in [1.54, 1.807) is 0 Å². The van der Waals surface area contributed by atoms with Crippen molar-refractivity contribution in [1.29, 1.82) is 0 Å². The molecule has 34 heavy (non-hydrogen) atoms. The first kappa shape index (κ1) is 23.1. The monoisotopic (exact) mass is 496 g/mol. The number of amidine groups is 1. The number of hydrogen-bond donors (Lipinski definition) is 1. The van der Waals surface area contributed by atoms with E-state index in [1.165, 1.54) is 22.9 Å². The summed E-state index contributed by atoms with van der Waals surface area (Å²) in [7, 11) is -3.69. The Morgan fingerprint density at radius 1 is 1.03 bits per heavy atom. The first-order chi connectivity index (χ1) is 16.4. The van der Waals surface area contributed by atoms with Crippen LogP contribution in [0.4, 0.5) is 0 Å². The lowest BCUT2D eigenvalue weighted by Crippen LogP contribution is -2.55. The molecule has 1 atom stereocenters. The summed E-state index contributed by atoms with van der Waals surface area (Å²) in [6, 6.07) is 16.3. The molecule has 5 rings (SSSR count). The Kier molecular flexibility index (Phi) is 6.46. The highest BCUT2D eigenvalue weighted by atomic mass is 32.2. The normalized spacial score (nSPS) is 19.9. The van der Waals surface area contributed by atoms with E-state index in [1.807, 2.05) is 30.3 Å². The molecule has 1 N–H and O–H groups in total. The van der Waals surface area contributed by atoms with Gasteiger partial charge >= 0.3 is 10.2 Å². The van der Waals surface area contributed by atoms with Crippen LogP contribution in [0.25, 0.3) is 17.1 Å². The number of nitrogens with one attached hydrogen (secondary N) is 1. The average molecular weight is 497 g/mol. The van der Waals surface area contributed by atoms with Crippen LogP contribution >= 0.6 is 11.8 Å². The molecule has 0 radical (unpaired) electrons. The SMILES string of the molecule is Cc1ccc(-n2c(SC[C@@H]3NS(=O)(=O)N=C4CCCCCN43)nnc2-c2ccccc2)cc1C. The molecule has 0 unspecified atom stereocenters. The van der Waals surface area contributed by atoms with Gasteiger partial charge in [-0.25, -0.2) is 0 Å². The molecule has 0 bridgehead atoms. The fourth-order valence-corrected chi connectivity index (χ4v) is 6.54. The highest BCUT2D eigenvalue weighted by molar-refractivity contribution is 7.99. The van der Waals surface area contributed by atoms with Gasteiger partial charge in [-0.15, -0.1) is 14.6 Å². The predicted molar refractivity (Wildman–Crippen MR) is 135 cm³/mol. The van der Waals surface area contributed by atoms with Gasteiger partial charge in [0.05, 0.1) is 5.69 Å². The van der Waals surface area contributed by atoms with Gasteiger partial charge in [0.1, 0.15) is 12.0 Å². The van der Waals surface area contributed by atoms with E-state index >= 15 is 0 Å². The van der Waals surface area contributed by atoms with Crippen molar-refractivity contribution in [3.63, 3.8) is 0 Å². The van der Waals surface area contributed by atoms with Crippen LogP contribution in [0.5, 0.6) is 0 Å². The Labute approximate surface area is 204 Å². The Hall–Kier alpha value is -2.69. The van der Waals surface area contributed by atoms with Gasteiger partial charge < -0.3 is 4.90 Å².